The Kier molecular flexibility index (Phi) is 6.18. The van der Waals surface area contributed by atoms with Crippen LogP contribution in [0.4, 0.5) is 0 Å². The number of benzene rings is 1. The van der Waals surface area contributed by atoms with Crippen molar-refractivity contribution in [3.05, 3.63) is 47.5 Å². The molecule has 0 heterocycles. The largest absolute Gasteiger partial charge is 0.458 e. The molecule has 3 rings (SSSR count). The van der Waals surface area contributed by atoms with Crippen molar-refractivity contribution in [2.24, 2.45) is 35.5 Å². The molecular weight excluding hydrogens is 336 g/mol. The third kappa shape index (κ3) is 3.88. The summed E-state index contributed by atoms with van der Waals surface area (Å²) >= 11 is 0. The fourth-order valence-electron chi connectivity index (χ4n) is 5.72. The Hall–Kier alpha value is -1.90. The van der Waals surface area contributed by atoms with Crippen molar-refractivity contribution in [3.8, 4) is 0 Å². The van der Waals surface area contributed by atoms with Gasteiger partial charge in [-0.05, 0) is 68.9 Å². The number of rotatable bonds is 4. The van der Waals surface area contributed by atoms with Gasteiger partial charge in [0.2, 0.25) is 0 Å². The Labute approximate surface area is 163 Å². The van der Waals surface area contributed by atoms with Gasteiger partial charge in [0.15, 0.2) is 0 Å². The summed E-state index contributed by atoms with van der Waals surface area (Å²) < 4.78 is 5.99. The number of fused-ring (bicyclic) bond motifs is 1. The molecule has 0 aromatic heterocycles. The lowest BCUT2D eigenvalue weighted by atomic mass is 9.54. The van der Waals surface area contributed by atoms with E-state index in [0.717, 1.165) is 19.3 Å². The van der Waals surface area contributed by atoms with E-state index in [0.29, 0.717) is 29.2 Å². The average molecular weight is 369 g/mol. The lowest BCUT2D eigenvalue weighted by molar-refractivity contribution is -0.126. The molecule has 0 spiro atoms. The molecule has 0 saturated heterocycles. The minimum Gasteiger partial charge on any atom is -0.458 e. The maximum absolute atomic E-state index is 12.6. The first-order valence-corrected chi connectivity index (χ1v) is 10.3. The van der Waals surface area contributed by atoms with Crippen LogP contribution in [0.1, 0.15) is 57.3 Å². The van der Waals surface area contributed by atoms with E-state index in [1.165, 1.54) is 11.9 Å². The van der Waals surface area contributed by atoms with E-state index < -0.39 is 0 Å². The Morgan fingerprint density at radius 3 is 2.44 bits per heavy atom. The van der Waals surface area contributed by atoms with Crippen LogP contribution >= 0.6 is 0 Å². The summed E-state index contributed by atoms with van der Waals surface area (Å²) in [6.07, 6.45) is 6.17. The maximum Gasteiger partial charge on any atom is 0.338 e. The second-order valence-electron chi connectivity index (χ2n) is 8.59. The van der Waals surface area contributed by atoms with Gasteiger partial charge in [0.1, 0.15) is 12.4 Å². The van der Waals surface area contributed by atoms with Gasteiger partial charge in [-0.15, -0.1) is 0 Å². The van der Waals surface area contributed by atoms with E-state index in [4.69, 9.17) is 4.74 Å². The van der Waals surface area contributed by atoms with Crippen molar-refractivity contribution < 1.29 is 14.3 Å². The molecule has 0 radical (unpaired) electrons. The van der Waals surface area contributed by atoms with Crippen LogP contribution in [-0.4, -0.2) is 18.4 Å². The van der Waals surface area contributed by atoms with Gasteiger partial charge in [-0.2, -0.15) is 0 Å². The van der Waals surface area contributed by atoms with Crippen molar-refractivity contribution >= 4 is 12.3 Å². The van der Waals surface area contributed by atoms with E-state index in [1.54, 1.807) is 12.1 Å². The van der Waals surface area contributed by atoms with Crippen molar-refractivity contribution in [3.63, 3.8) is 0 Å². The normalized spacial score (nSPS) is 36.6. The second kappa shape index (κ2) is 8.41. The number of ether oxygens (including phenoxy) is 1. The van der Waals surface area contributed by atoms with Crippen LogP contribution in [0.5, 0.6) is 0 Å². The first kappa shape index (κ1) is 19.9. The maximum atomic E-state index is 12.6. The summed E-state index contributed by atoms with van der Waals surface area (Å²) in [5.74, 6) is 1.55. The molecule has 3 nitrogen and oxygen atoms in total. The van der Waals surface area contributed by atoms with Crippen LogP contribution < -0.4 is 0 Å². The van der Waals surface area contributed by atoms with Crippen molar-refractivity contribution in [1.29, 1.82) is 0 Å². The molecular formula is C24H32O3. The Morgan fingerprint density at radius 2 is 1.81 bits per heavy atom. The van der Waals surface area contributed by atoms with Gasteiger partial charge >= 0.3 is 5.97 Å². The molecule has 1 aromatic carbocycles. The molecule has 146 valence electrons. The Balaban J connectivity index is 1.84. The van der Waals surface area contributed by atoms with Crippen molar-refractivity contribution in [2.45, 2.75) is 53.1 Å². The molecule has 27 heavy (non-hydrogen) atoms. The molecule has 2 aliphatic carbocycles. The van der Waals surface area contributed by atoms with E-state index >= 15 is 0 Å². The van der Waals surface area contributed by atoms with E-state index in [-0.39, 0.29) is 23.9 Å². The van der Waals surface area contributed by atoms with Gasteiger partial charge in [-0.3, -0.25) is 0 Å². The zero-order valence-electron chi connectivity index (χ0n) is 16.9. The molecule has 1 aromatic rings. The summed E-state index contributed by atoms with van der Waals surface area (Å²) in [5.41, 5.74) is 1.92. The smallest absolute Gasteiger partial charge is 0.338 e. The highest BCUT2D eigenvalue weighted by molar-refractivity contribution is 5.89. The fraction of sp³-hybridized carbons (Fsp3) is 0.583. The molecule has 7 atom stereocenters. The molecule has 0 amide bonds. The third-order valence-corrected chi connectivity index (χ3v) is 7.06. The second-order valence-corrected chi connectivity index (χ2v) is 8.59. The summed E-state index contributed by atoms with van der Waals surface area (Å²) in [7, 11) is 0. The minimum atomic E-state index is -0.240. The average Bonchev–Trinajstić information content (AvgIpc) is 2.69. The summed E-state index contributed by atoms with van der Waals surface area (Å²) in [4.78, 5) is 24.8. The van der Waals surface area contributed by atoms with Gasteiger partial charge in [-0.1, -0.05) is 43.7 Å². The predicted octanol–water partition coefficient (Wildman–Crippen LogP) is 5.31. The standard InChI is InChI=1S/C24H32O3/c1-5-15(2)22-17(4)13-19-21(12-11-16(3)23(19)20(22)14-25)27-24(26)18-9-7-6-8-10-18/h5-10,14,16-17,19-23H,11-13H2,1-4H3/t16-,17-,19-,20+,21-,22+,23+/m0/s1. The number of esters is 1. The molecule has 0 N–H and O–H groups in total. The number of allylic oxidation sites excluding steroid dienone is 2. The van der Waals surface area contributed by atoms with Crippen LogP contribution in [0.25, 0.3) is 0 Å². The van der Waals surface area contributed by atoms with Crippen LogP contribution in [0, 0.1) is 35.5 Å². The first-order valence-electron chi connectivity index (χ1n) is 10.3. The summed E-state index contributed by atoms with van der Waals surface area (Å²) in [6.45, 7) is 8.73. The predicted molar refractivity (Wildman–Crippen MR) is 107 cm³/mol. The molecule has 0 unspecified atom stereocenters. The number of carbonyl (C=O) groups excluding carboxylic acids is 2. The van der Waals surface area contributed by atoms with Crippen LogP contribution in [0.15, 0.2) is 42.0 Å². The van der Waals surface area contributed by atoms with Gasteiger partial charge in [-0.25, -0.2) is 4.79 Å². The van der Waals surface area contributed by atoms with Crippen LogP contribution in [0.2, 0.25) is 0 Å². The van der Waals surface area contributed by atoms with Gasteiger partial charge < -0.3 is 9.53 Å². The molecule has 3 heteroatoms. The number of carbonyl (C=O) groups is 2. The molecule has 2 fully saturated rings. The van der Waals surface area contributed by atoms with E-state index in [1.807, 2.05) is 18.2 Å². The number of hydrogen-bond acceptors (Lipinski definition) is 3. The Bertz CT molecular complexity index is 693. The Morgan fingerprint density at radius 1 is 1.11 bits per heavy atom. The van der Waals surface area contributed by atoms with Gasteiger partial charge in [0.05, 0.1) is 5.56 Å². The SMILES string of the molecule is CC=C(C)[C@H]1[C@@H](C=O)[C@H]2[C@@H](C[C@@H]1C)[C@@H](OC(=O)c1ccccc1)CC[C@@H]2C. The lowest BCUT2D eigenvalue weighted by Crippen LogP contribution is -2.51. The third-order valence-electron chi connectivity index (χ3n) is 7.06. The monoisotopic (exact) mass is 368 g/mol. The number of hydrogen-bond donors (Lipinski definition) is 0. The van der Waals surface area contributed by atoms with E-state index in [9.17, 15) is 9.59 Å². The quantitative estimate of drug-likeness (QED) is 0.411. The zero-order valence-corrected chi connectivity index (χ0v) is 16.9. The fourth-order valence-corrected chi connectivity index (χ4v) is 5.72. The molecule has 2 saturated carbocycles. The minimum absolute atomic E-state index is 0.0168. The highest BCUT2D eigenvalue weighted by Gasteiger charge is 2.50. The topological polar surface area (TPSA) is 43.4 Å². The summed E-state index contributed by atoms with van der Waals surface area (Å²) in [6, 6.07) is 9.22. The van der Waals surface area contributed by atoms with Crippen molar-refractivity contribution in [2.75, 3.05) is 0 Å². The molecule has 2 aliphatic rings. The summed E-state index contributed by atoms with van der Waals surface area (Å²) in [5, 5.41) is 0. The molecule has 0 aliphatic heterocycles. The number of aldehydes is 1. The van der Waals surface area contributed by atoms with Crippen LogP contribution in [0.3, 0.4) is 0 Å². The van der Waals surface area contributed by atoms with Gasteiger partial charge in [0, 0.05) is 11.8 Å². The highest BCUT2D eigenvalue weighted by atomic mass is 16.5. The van der Waals surface area contributed by atoms with Crippen LogP contribution in [-0.2, 0) is 9.53 Å². The van der Waals surface area contributed by atoms with E-state index in [2.05, 4.69) is 33.8 Å². The molecule has 0 bridgehead atoms. The first-order chi connectivity index (χ1) is 13.0. The van der Waals surface area contributed by atoms with Gasteiger partial charge in [0.25, 0.3) is 0 Å². The highest BCUT2D eigenvalue weighted by Crippen LogP contribution is 2.52. The lowest BCUT2D eigenvalue weighted by Gasteiger charge is -2.52. The van der Waals surface area contributed by atoms with Crippen molar-refractivity contribution in [1.82, 2.24) is 0 Å². The zero-order chi connectivity index (χ0) is 19.6.